The number of hydrogen-bond acceptors (Lipinski definition) is 5. The van der Waals surface area contributed by atoms with Gasteiger partial charge in [-0.05, 0) is 79.2 Å². The van der Waals surface area contributed by atoms with Crippen LogP contribution in [0.5, 0.6) is 5.75 Å². The number of nitrogens with zero attached hydrogens (tertiary/aromatic N) is 1. The van der Waals surface area contributed by atoms with E-state index in [1.165, 1.54) is 18.2 Å². The van der Waals surface area contributed by atoms with E-state index in [1.54, 1.807) is 19.1 Å². The Bertz CT molecular complexity index is 1350. The standard InChI is InChI=1S/C24H20FN3O3S/c1-3-14-7-8-20-19(10-14)27-23(31-20)18-12-17(9-13(2)21(18)29)26-24(32)28-22(30)15-5-4-6-16(25)11-15/h4-12,29H,3H2,1-2H3,(H2,26,28,30,32). The van der Waals surface area contributed by atoms with E-state index < -0.39 is 11.7 Å². The number of oxazole rings is 1. The van der Waals surface area contributed by atoms with Crippen LogP contribution in [0.25, 0.3) is 22.6 Å². The number of aromatic hydroxyl groups is 1. The number of halogens is 1. The van der Waals surface area contributed by atoms with Gasteiger partial charge in [0.2, 0.25) is 5.89 Å². The molecule has 0 saturated carbocycles. The number of carbonyl (C=O) groups excluding carboxylic acids is 1. The molecule has 3 N–H and O–H groups in total. The molecule has 162 valence electrons. The summed E-state index contributed by atoms with van der Waals surface area (Å²) in [5.41, 5.74) is 4.08. The van der Waals surface area contributed by atoms with Gasteiger partial charge >= 0.3 is 0 Å². The topological polar surface area (TPSA) is 87.4 Å². The molecular formula is C24H20FN3O3S. The molecule has 4 rings (SSSR count). The predicted octanol–water partition coefficient (Wildman–Crippen LogP) is 5.34. The Balaban J connectivity index is 1.58. The number of aryl methyl sites for hydroxylation is 2. The molecule has 0 fully saturated rings. The summed E-state index contributed by atoms with van der Waals surface area (Å²) in [5, 5.41) is 16.0. The summed E-state index contributed by atoms with van der Waals surface area (Å²) in [4.78, 5) is 16.8. The predicted molar refractivity (Wildman–Crippen MR) is 125 cm³/mol. The van der Waals surface area contributed by atoms with Crippen molar-refractivity contribution in [1.82, 2.24) is 10.3 Å². The summed E-state index contributed by atoms with van der Waals surface area (Å²) in [6.45, 7) is 3.79. The zero-order valence-corrected chi connectivity index (χ0v) is 18.2. The van der Waals surface area contributed by atoms with Gasteiger partial charge in [0.25, 0.3) is 5.91 Å². The van der Waals surface area contributed by atoms with Crippen LogP contribution in [0.2, 0.25) is 0 Å². The molecule has 8 heteroatoms. The van der Waals surface area contributed by atoms with Crippen molar-refractivity contribution in [3.05, 3.63) is 77.1 Å². The summed E-state index contributed by atoms with van der Waals surface area (Å²) in [6, 6.07) is 14.4. The molecule has 0 spiro atoms. The van der Waals surface area contributed by atoms with Crippen LogP contribution in [0.3, 0.4) is 0 Å². The molecule has 1 amide bonds. The third-order valence-electron chi connectivity index (χ3n) is 4.96. The quantitative estimate of drug-likeness (QED) is 0.288. The number of hydrogen-bond donors (Lipinski definition) is 3. The van der Waals surface area contributed by atoms with Gasteiger partial charge in [0.05, 0.1) is 5.56 Å². The fraction of sp³-hybridized carbons (Fsp3) is 0.125. The maximum Gasteiger partial charge on any atom is 0.257 e. The fourth-order valence-electron chi connectivity index (χ4n) is 3.29. The second-order valence-electron chi connectivity index (χ2n) is 7.28. The molecule has 0 atom stereocenters. The molecule has 0 unspecified atom stereocenters. The monoisotopic (exact) mass is 449 g/mol. The summed E-state index contributed by atoms with van der Waals surface area (Å²) in [6.07, 6.45) is 0.876. The minimum atomic E-state index is -0.539. The molecule has 0 saturated heterocycles. The SMILES string of the molecule is CCc1ccc2oc(-c3cc(NC(=S)NC(=O)c4cccc(F)c4)cc(C)c3O)nc2c1. The van der Waals surface area contributed by atoms with Gasteiger partial charge in [-0.15, -0.1) is 0 Å². The van der Waals surface area contributed by atoms with Gasteiger partial charge in [-0.3, -0.25) is 10.1 Å². The maximum absolute atomic E-state index is 13.4. The molecule has 6 nitrogen and oxygen atoms in total. The summed E-state index contributed by atoms with van der Waals surface area (Å²) in [5.74, 6) is -0.747. The third kappa shape index (κ3) is 4.45. The Kier molecular flexibility index (Phi) is 5.87. The van der Waals surface area contributed by atoms with Gasteiger partial charge in [-0.25, -0.2) is 9.37 Å². The second-order valence-corrected chi connectivity index (χ2v) is 7.69. The van der Waals surface area contributed by atoms with Crippen molar-refractivity contribution >= 4 is 40.0 Å². The highest BCUT2D eigenvalue weighted by Crippen LogP contribution is 2.36. The summed E-state index contributed by atoms with van der Waals surface area (Å²) in [7, 11) is 0. The molecule has 0 bridgehead atoms. The minimum Gasteiger partial charge on any atom is -0.507 e. The van der Waals surface area contributed by atoms with Gasteiger partial charge < -0.3 is 14.8 Å². The number of benzene rings is 3. The third-order valence-corrected chi connectivity index (χ3v) is 5.17. The number of rotatable bonds is 4. The van der Waals surface area contributed by atoms with E-state index in [-0.39, 0.29) is 22.3 Å². The Hall–Kier alpha value is -3.78. The highest BCUT2D eigenvalue weighted by Gasteiger charge is 2.17. The first-order chi connectivity index (χ1) is 15.3. The molecule has 0 aliphatic heterocycles. The molecular weight excluding hydrogens is 429 g/mol. The number of phenolic OH excluding ortho intramolecular Hbond substituents is 1. The van der Waals surface area contributed by atoms with Crippen LogP contribution in [-0.4, -0.2) is 21.1 Å². The molecule has 4 aromatic rings. The zero-order chi connectivity index (χ0) is 22.8. The van der Waals surface area contributed by atoms with Gasteiger partial charge in [0.1, 0.15) is 17.1 Å². The number of phenols is 1. The Morgan fingerprint density at radius 3 is 2.75 bits per heavy atom. The molecule has 1 heterocycles. The first kappa shape index (κ1) is 21.5. The molecule has 0 radical (unpaired) electrons. The van der Waals surface area contributed by atoms with Crippen LogP contribution in [0, 0.1) is 12.7 Å². The lowest BCUT2D eigenvalue weighted by Crippen LogP contribution is -2.34. The highest BCUT2D eigenvalue weighted by atomic mass is 32.1. The molecule has 32 heavy (non-hydrogen) atoms. The summed E-state index contributed by atoms with van der Waals surface area (Å²) < 4.78 is 19.2. The number of anilines is 1. The van der Waals surface area contributed by atoms with E-state index in [0.717, 1.165) is 18.1 Å². The van der Waals surface area contributed by atoms with E-state index in [4.69, 9.17) is 16.6 Å². The lowest BCUT2D eigenvalue weighted by Gasteiger charge is -2.12. The van der Waals surface area contributed by atoms with Crippen LogP contribution in [0.15, 0.2) is 59.0 Å². The minimum absolute atomic E-state index is 0.0282. The average Bonchev–Trinajstić information content (AvgIpc) is 3.19. The number of amides is 1. The van der Waals surface area contributed by atoms with Crippen LogP contribution < -0.4 is 10.6 Å². The van der Waals surface area contributed by atoms with Crippen molar-refractivity contribution in [2.24, 2.45) is 0 Å². The molecule has 0 aliphatic rings. The van der Waals surface area contributed by atoms with Crippen molar-refractivity contribution in [2.45, 2.75) is 20.3 Å². The van der Waals surface area contributed by atoms with E-state index in [0.29, 0.717) is 27.9 Å². The molecule has 1 aromatic heterocycles. The second kappa shape index (κ2) is 8.76. The Morgan fingerprint density at radius 1 is 1.19 bits per heavy atom. The van der Waals surface area contributed by atoms with Crippen molar-refractivity contribution < 1.29 is 18.7 Å². The van der Waals surface area contributed by atoms with E-state index in [1.807, 2.05) is 18.2 Å². The fourth-order valence-corrected chi connectivity index (χ4v) is 3.50. The highest BCUT2D eigenvalue weighted by molar-refractivity contribution is 7.80. The van der Waals surface area contributed by atoms with Crippen molar-refractivity contribution in [3.63, 3.8) is 0 Å². The van der Waals surface area contributed by atoms with Crippen molar-refractivity contribution in [2.75, 3.05) is 5.32 Å². The van der Waals surface area contributed by atoms with E-state index in [9.17, 15) is 14.3 Å². The Morgan fingerprint density at radius 2 is 2.00 bits per heavy atom. The number of thiocarbonyl (C=S) groups is 1. The largest absolute Gasteiger partial charge is 0.507 e. The van der Waals surface area contributed by atoms with Crippen LogP contribution in [0.4, 0.5) is 10.1 Å². The van der Waals surface area contributed by atoms with Crippen LogP contribution >= 0.6 is 12.2 Å². The van der Waals surface area contributed by atoms with Gasteiger partial charge in [0, 0.05) is 11.3 Å². The van der Waals surface area contributed by atoms with E-state index >= 15 is 0 Å². The van der Waals surface area contributed by atoms with Crippen molar-refractivity contribution in [3.8, 4) is 17.2 Å². The van der Waals surface area contributed by atoms with Crippen LogP contribution in [0.1, 0.15) is 28.4 Å². The zero-order valence-electron chi connectivity index (χ0n) is 17.4. The number of carbonyl (C=O) groups is 1. The number of nitrogens with one attached hydrogen (secondary N) is 2. The molecule has 3 aromatic carbocycles. The lowest BCUT2D eigenvalue weighted by molar-refractivity contribution is 0.0977. The molecule has 0 aliphatic carbocycles. The Labute approximate surface area is 189 Å². The van der Waals surface area contributed by atoms with Crippen LogP contribution in [-0.2, 0) is 6.42 Å². The first-order valence-corrected chi connectivity index (χ1v) is 10.4. The van der Waals surface area contributed by atoms with Gasteiger partial charge in [0.15, 0.2) is 10.7 Å². The van der Waals surface area contributed by atoms with Gasteiger partial charge in [-0.2, -0.15) is 0 Å². The van der Waals surface area contributed by atoms with E-state index in [2.05, 4.69) is 22.5 Å². The number of fused-ring (bicyclic) bond motifs is 1. The smallest absolute Gasteiger partial charge is 0.257 e. The lowest BCUT2D eigenvalue weighted by atomic mass is 10.1. The number of aromatic nitrogens is 1. The summed E-state index contributed by atoms with van der Waals surface area (Å²) >= 11 is 5.22. The average molecular weight is 450 g/mol. The first-order valence-electron chi connectivity index (χ1n) is 9.95. The maximum atomic E-state index is 13.4. The normalized spacial score (nSPS) is 10.8. The van der Waals surface area contributed by atoms with Gasteiger partial charge in [-0.1, -0.05) is 19.1 Å². The van der Waals surface area contributed by atoms with Crippen molar-refractivity contribution in [1.29, 1.82) is 0 Å².